The number of methoxy groups -OCH3 is 1. The van der Waals surface area contributed by atoms with Crippen LogP contribution in [0.2, 0.25) is 0 Å². The van der Waals surface area contributed by atoms with E-state index in [0.29, 0.717) is 6.42 Å². The summed E-state index contributed by atoms with van der Waals surface area (Å²) in [6, 6.07) is -0.510. The fraction of sp³-hybridized carbons (Fsp3) is 0.778. The molecule has 0 saturated carbocycles. The third kappa shape index (κ3) is 5.53. The van der Waals surface area contributed by atoms with Gasteiger partial charge in [-0.05, 0) is 19.3 Å². The fourth-order valence-electron chi connectivity index (χ4n) is 1.16. The first-order valence-corrected chi connectivity index (χ1v) is 4.76. The number of esters is 1. The molecule has 82 valence electrons. The lowest BCUT2D eigenvalue weighted by Gasteiger charge is -2.14. The maximum Gasteiger partial charge on any atom is 0.328 e. The van der Waals surface area contributed by atoms with Gasteiger partial charge in [-0.2, -0.15) is 0 Å². The lowest BCUT2D eigenvalue weighted by molar-refractivity contribution is -0.368. The van der Waals surface area contributed by atoms with Gasteiger partial charge < -0.3 is 15.8 Å². The van der Waals surface area contributed by atoms with Crippen LogP contribution >= 0.6 is 0 Å². The van der Waals surface area contributed by atoms with Gasteiger partial charge in [-0.3, -0.25) is 4.79 Å². The molecule has 4 N–H and O–H groups in total. The molecular formula is C9H19N2O3+. The van der Waals surface area contributed by atoms with Gasteiger partial charge in [0.2, 0.25) is 5.91 Å². The third-order valence-electron chi connectivity index (χ3n) is 1.86. The summed E-state index contributed by atoms with van der Waals surface area (Å²) in [5.41, 5.74) is 3.70. The van der Waals surface area contributed by atoms with E-state index < -0.39 is 6.04 Å². The van der Waals surface area contributed by atoms with Crippen LogP contribution in [-0.4, -0.2) is 31.6 Å². The van der Waals surface area contributed by atoms with Crippen LogP contribution in [0.15, 0.2) is 0 Å². The Balaban J connectivity index is 3.97. The van der Waals surface area contributed by atoms with Crippen LogP contribution in [0.1, 0.15) is 26.2 Å². The molecule has 0 aliphatic heterocycles. The van der Waals surface area contributed by atoms with Gasteiger partial charge in [0.15, 0.2) is 0 Å². The standard InChI is InChI=1S/C9H18N2O3/c1-7(12)11-8(9(13)14-2)5-3-4-6-10/h8H,3-6,10H2,1-2H3,(H,11,12)/p+1. The van der Waals surface area contributed by atoms with Crippen molar-refractivity contribution < 1.29 is 20.1 Å². The molecule has 0 aromatic carbocycles. The first-order chi connectivity index (χ1) is 6.61. The number of quaternary nitrogens is 1. The molecule has 0 bridgehead atoms. The molecule has 1 unspecified atom stereocenters. The van der Waals surface area contributed by atoms with E-state index in [1.165, 1.54) is 14.0 Å². The van der Waals surface area contributed by atoms with Gasteiger partial charge in [0.1, 0.15) is 6.04 Å². The van der Waals surface area contributed by atoms with Crippen molar-refractivity contribution in [1.82, 2.24) is 5.32 Å². The molecule has 5 nitrogen and oxygen atoms in total. The first-order valence-electron chi connectivity index (χ1n) is 4.76. The molecule has 0 saturated heterocycles. The van der Waals surface area contributed by atoms with Crippen LogP contribution in [0.3, 0.4) is 0 Å². The Bertz CT molecular complexity index is 194. The van der Waals surface area contributed by atoms with Crippen LogP contribution in [0.5, 0.6) is 0 Å². The lowest BCUT2D eigenvalue weighted by atomic mass is 10.1. The smallest absolute Gasteiger partial charge is 0.328 e. The number of nitrogens with one attached hydrogen (secondary N) is 1. The first kappa shape index (κ1) is 12.9. The van der Waals surface area contributed by atoms with Crippen molar-refractivity contribution in [2.24, 2.45) is 0 Å². The van der Waals surface area contributed by atoms with Crippen LogP contribution in [0.25, 0.3) is 0 Å². The predicted octanol–water partition coefficient (Wildman–Crippen LogP) is -0.924. The molecule has 0 aliphatic carbocycles. The van der Waals surface area contributed by atoms with E-state index in [0.717, 1.165) is 19.4 Å². The zero-order chi connectivity index (χ0) is 11.0. The predicted molar refractivity (Wildman–Crippen MR) is 51.2 cm³/mol. The molecule has 0 aromatic heterocycles. The van der Waals surface area contributed by atoms with Crippen LogP contribution in [0, 0.1) is 0 Å². The number of hydrogen-bond acceptors (Lipinski definition) is 3. The number of hydrogen-bond donors (Lipinski definition) is 2. The Labute approximate surface area is 84.0 Å². The number of carbonyl (C=O) groups excluding carboxylic acids is 2. The van der Waals surface area contributed by atoms with E-state index in [2.05, 4.69) is 15.8 Å². The minimum Gasteiger partial charge on any atom is -0.467 e. The van der Waals surface area contributed by atoms with Gasteiger partial charge in [0.25, 0.3) is 0 Å². The Morgan fingerprint density at radius 3 is 2.50 bits per heavy atom. The van der Waals surface area contributed by atoms with Crippen molar-refractivity contribution >= 4 is 11.9 Å². The van der Waals surface area contributed by atoms with E-state index in [1.807, 2.05) is 0 Å². The molecule has 0 radical (unpaired) electrons. The Hall–Kier alpha value is -1.10. The minimum atomic E-state index is -0.510. The highest BCUT2D eigenvalue weighted by molar-refractivity contribution is 5.83. The molecule has 0 fully saturated rings. The second-order valence-electron chi connectivity index (χ2n) is 3.13. The number of ether oxygens (including phenoxy) is 1. The summed E-state index contributed by atoms with van der Waals surface area (Å²) < 4.78 is 4.57. The van der Waals surface area contributed by atoms with Crippen molar-refractivity contribution in [2.45, 2.75) is 32.2 Å². The molecule has 0 aliphatic rings. The maximum absolute atomic E-state index is 11.2. The highest BCUT2D eigenvalue weighted by Crippen LogP contribution is 2.01. The maximum atomic E-state index is 11.2. The molecule has 0 heterocycles. The summed E-state index contributed by atoms with van der Waals surface area (Å²) in [6.07, 6.45) is 2.43. The van der Waals surface area contributed by atoms with Crippen molar-refractivity contribution in [3.63, 3.8) is 0 Å². The van der Waals surface area contributed by atoms with E-state index in [9.17, 15) is 9.59 Å². The molecule has 0 spiro atoms. The van der Waals surface area contributed by atoms with E-state index in [-0.39, 0.29) is 11.9 Å². The fourth-order valence-corrected chi connectivity index (χ4v) is 1.16. The van der Waals surface area contributed by atoms with Crippen molar-refractivity contribution in [3.8, 4) is 0 Å². The van der Waals surface area contributed by atoms with Crippen LogP contribution in [0.4, 0.5) is 0 Å². The summed E-state index contributed by atoms with van der Waals surface area (Å²) in [7, 11) is 1.32. The second kappa shape index (κ2) is 7.32. The molecule has 1 atom stereocenters. The van der Waals surface area contributed by atoms with Gasteiger partial charge in [-0.25, -0.2) is 4.79 Å². The zero-order valence-corrected chi connectivity index (χ0v) is 8.84. The molecule has 14 heavy (non-hydrogen) atoms. The molecule has 0 aromatic rings. The summed E-state index contributed by atoms with van der Waals surface area (Å²) in [6.45, 7) is 2.23. The van der Waals surface area contributed by atoms with Gasteiger partial charge in [-0.1, -0.05) is 0 Å². The monoisotopic (exact) mass is 203 g/mol. The van der Waals surface area contributed by atoms with Gasteiger partial charge in [-0.15, -0.1) is 0 Å². The van der Waals surface area contributed by atoms with Gasteiger partial charge in [0, 0.05) is 6.92 Å². The Morgan fingerprint density at radius 1 is 1.43 bits per heavy atom. The summed E-state index contributed by atoms with van der Waals surface area (Å²) >= 11 is 0. The highest BCUT2D eigenvalue weighted by Gasteiger charge is 2.18. The summed E-state index contributed by atoms with van der Waals surface area (Å²) in [4.78, 5) is 22.0. The molecule has 5 heteroatoms. The summed E-state index contributed by atoms with van der Waals surface area (Å²) in [5, 5.41) is 2.56. The second-order valence-corrected chi connectivity index (χ2v) is 3.13. The van der Waals surface area contributed by atoms with Crippen molar-refractivity contribution in [1.29, 1.82) is 0 Å². The number of unbranched alkanes of at least 4 members (excludes halogenated alkanes) is 1. The normalized spacial score (nSPS) is 11.9. The lowest BCUT2D eigenvalue weighted by Crippen LogP contribution is -2.50. The van der Waals surface area contributed by atoms with Gasteiger partial charge in [0.05, 0.1) is 13.7 Å². The molecular weight excluding hydrogens is 184 g/mol. The van der Waals surface area contributed by atoms with Crippen molar-refractivity contribution in [3.05, 3.63) is 0 Å². The quantitative estimate of drug-likeness (QED) is 0.432. The Morgan fingerprint density at radius 2 is 2.07 bits per heavy atom. The van der Waals surface area contributed by atoms with E-state index >= 15 is 0 Å². The van der Waals surface area contributed by atoms with Crippen LogP contribution < -0.4 is 11.1 Å². The number of carbonyl (C=O) groups is 2. The van der Waals surface area contributed by atoms with Crippen molar-refractivity contribution in [2.75, 3.05) is 13.7 Å². The number of rotatable bonds is 6. The molecule has 0 rings (SSSR count). The SMILES string of the molecule is COC(=O)C(CCCC[NH3+])NC(C)=O. The molecule has 1 amide bonds. The average Bonchev–Trinajstić information content (AvgIpc) is 2.15. The van der Waals surface area contributed by atoms with Gasteiger partial charge >= 0.3 is 5.97 Å². The third-order valence-corrected chi connectivity index (χ3v) is 1.86. The highest BCUT2D eigenvalue weighted by atomic mass is 16.5. The van der Waals surface area contributed by atoms with E-state index in [4.69, 9.17) is 0 Å². The average molecular weight is 203 g/mol. The minimum absolute atomic E-state index is 0.213. The zero-order valence-electron chi connectivity index (χ0n) is 8.84. The topological polar surface area (TPSA) is 83.0 Å². The number of amides is 1. The largest absolute Gasteiger partial charge is 0.467 e. The van der Waals surface area contributed by atoms with Crippen LogP contribution in [-0.2, 0) is 14.3 Å². The van der Waals surface area contributed by atoms with E-state index in [1.54, 1.807) is 0 Å². The summed E-state index contributed by atoms with van der Waals surface area (Å²) in [5.74, 6) is -0.598. The Kier molecular flexibility index (Phi) is 6.74.